The Labute approximate surface area is 77.3 Å². The average Bonchev–Trinajstić information content (AvgIpc) is 2.06. The fourth-order valence-corrected chi connectivity index (χ4v) is 1.24. The van der Waals surface area contributed by atoms with E-state index in [1.165, 1.54) is 0 Å². The van der Waals surface area contributed by atoms with Crippen LogP contribution < -0.4 is 5.32 Å². The minimum atomic E-state index is -4.12. The van der Waals surface area contributed by atoms with Gasteiger partial charge in [-0.2, -0.15) is 8.42 Å². The van der Waals surface area contributed by atoms with Gasteiger partial charge in [0.25, 0.3) is 10.1 Å². The molecule has 80 valence electrons. The van der Waals surface area contributed by atoms with Crippen LogP contribution in [0, 0.1) is 0 Å². The maximum atomic E-state index is 10.4. The SMILES string of the molecule is CCC(CO)(CO)NCS(=O)(=O)O. The topological polar surface area (TPSA) is 107 Å². The fourth-order valence-electron chi connectivity index (χ4n) is 0.755. The molecule has 0 aliphatic rings. The van der Waals surface area contributed by atoms with Crippen LogP contribution in [-0.2, 0) is 10.1 Å². The van der Waals surface area contributed by atoms with Gasteiger partial charge in [0.05, 0.1) is 18.8 Å². The highest BCUT2D eigenvalue weighted by molar-refractivity contribution is 7.85. The van der Waals surface area contributed by atoms with Crippen LogP contribution in [0.25, 0.3) is 0 Å². The molecule has 0 rings (SSSR count). The van der Waals surface area contributed by atoms with E-state index >= 15 is 0 Å². The maximum absolute atomic E-state index is 10.4. The van der Waals surface area contributed by atoms with E-state index in [-0.39, 0.29) is 0 Å². The lowest BCUT2D eigenvalue weighted by molar-refractivity contribution is 0.0919. The Hall–Kier alpha value is -0.210. The van der Waals surface area contributed by atoms with Crippen molar-refractivity contribution >= 4 is 10.1 Å². The summed E-state index contributed by atoms with van der Waals surface area (Å²) < 4.78 is 29.1. The summed E-state index contributed by atoms with van der Waals surface area (Å²) in [5.74, 6) is -0.679. The molecule has 0 saturated carbocycles. The highest BCUT2D eigenvalue weighted by atomic mass is 32.2. The van der Waals surface area contributed by atoms with Crippen LogP contribution in [-0.4, -0.2) is 47.8 Å². The minimum absolute atomic E-state index is 0.357. The Balaban J connectivity index is 4.27. The van der Waals surface area contributed by atoms with Gasteiger partial charge >= 0.3 is 0 Å². The standard InChI is InChI=1S/C6H15NO5S/c1-2-6(3-8,4-9)7-5-13(10,11)12/h7-9H,2-5H2,1H3,(H,10,11,12). The van der Waals surface area contributed by atoms with Crippen LogP contribution in [0.1, 0.15) is 13.3 Å². The quantitative estimate of drug-likeness (QED) is 0.402. The van der Waals surface area contributed by atoms with Crippen molar-refractivity contribution in [3.63, 3.8) is 0 Å². The molecule has 0 spiro atoms. The molecule has 0 aromatic heterocycles. The molecule has 0 heterocycles. The average molecular weight is 213 g/mol. The van der Waals surface area contributed by atoms with E-state index in [1.54, 1.807) is 6.92 Å². The number of aliphatic hydroxyl groups is 2. The van der Waals surface area contributed by atoms with Gasteiger partial charge in [-0.25, -0.2) is 0 Å². The Bertz CT molecular complexity index is 225. The molecule has 0 atom stereocenters. The van der Waals surface area contributed by atoms with Crippen molar-refractivity contribution in [3.05, 3.63) is 0 Å². The van der Waals surface area contributed by atoms with Gasteiger partial charge in [0.15, 0.2) is 0 Å². The molecule has 0 aromatic rings. The Morgan fingerprint density at radius 2 is 1.77 bits per heavy atom. The Morgan fingerprint density at radius 3 is 2.00 bits per heavy atom. The van der Waals surface area contributed by atoms with Crippen LogP contribution in [0.4, 0.5) is 0 Å². The smallest absolute Gasteiger partial charge is 0.278 e. The highest BCUT2D eigenvalue weighted by Crippen LogP contribution is 2.07. The van der Waals surface area contributed by atoms with Crippen molar-refractivity contribution in [2.45, 2.75) is 18.9 Å². The fraction of sp³-hybridized carbons (Fsp3) is 1.00. The molecule has 0 bridgehead atoms. The third-order valence-corrected chi connectivity index (χ3v) is 2.42. The normalized spacial score (nSPS) is 13.2. The predicted octanol–water partition coefficient (Wildman–Crippen LogP) is -1.45. The van der Waals surface area contributed by atoms with Crippen LogP contribution in [0.2, 0.25) is 0 Å². The monoisotopic (exact) mass is 213 g/mol. The molecule has 0 aromatic carbocycles. The van der Waals surface area contributed by atoms with E-state index in [4.69, 9.17) is 14.8 Å². The predicted molar refractivity (Wildman–Crippen MR) is 46.7 cm³/mol. The first-order valence-corrected chi connectivity index (χ1v) is 5.42. The van der Waals surface area contributed by atoms with Crippen molar-refractivity contribution < 1.29 is 23.2 Å². The van der Waals surface area contributed by atoms with Gasteiger partial charge in [0.2, 0.25) is 0 Å². The van der Waals surface area contributed by atoms with Crippen LogP contribution in [0.5, 0.6) is 0 Å². The van der Waals surface area contributed by atoms with Gasteiger partial charge in [-0.1, -0.05) is 6.92 Å². The first-order chi connectivity index (χ1) is 5.89. The van der Waals surface area contributed by atoms with E-state index in [0.29, 0.717) is 6.42 Å². The van der Waals surface area contributed by atoms with Gasteiger partial charge in [0, 0.05) is 0 Å². The van der Waals surface area contributed by atoms with E-state index in [2.05, 4.69) is 5.32 Å². The molecular formula is C6H15NO5S. The molecule has 0 saturated heterocycles. The lowest BCUT2D eigenvalue weighted by Gasteiger charge is -2.28. The summed E-state index contributed by atoms with van der Waals surface area (Å²) in [6, 6.07) is 0. The van der Waals surface area contributed by atoms with Crippen LogP contribution in [0.15, 0.2) is 0 Å². The third-order valence-electron chi connectivity index (χ3n) is 1.91. The molecule has 0 unspecified atom stereocenters. The van der Waals surface area contributed by atoms with E-state index < -0.39 is 34.7 Å². The second-order valence-electron chi connectivity index (χ2n) is 2.85. The molecule has 0 fully saturated rings. The lowest BCUT2D eigenvalue weighted by atomic mass is 9.99. The molecular weight excluding hydrogens is 198 g/mol. The lowest BCUT2D eigenvalue weighted by Crippen LogP contribution is -2.52. The molecule has 7 heteroatoms. The van der Waals surface area contributed by atoms with Crippen molar-refractivity contribution in [2.24, 2.45) is 0 Å². The van der Waals surface area contributed by atoms with Gasteiger partial charge in [-0.15, -0.1) is 0 Å². The molecule has 13 heavy (non-hydrogen) atoms. The zero-order valence-corrected chi connectivity index (χ0v) is 8.21. The summed E-state index contributed by atoms with van der Waals surface area (Å²) in [5, 5.41) is 20.1. The van der Waals surface area contributed by atoms with Gasteiger partial charge in [0.1, 0.15) is 5.88 Å². The molecule has 0 aliphatic carbocycles. The summed E-state index contributed by atoms with van der Waals surface area (Å²) in [6.07, 6.45) is 0.357. The Morgan fingerprint density at radius 1 is 1.31 bits per heavy atom. The minimum Gasteiger partial charge on any atom is -0.394 e. The molecule has 6 nitrogen and oxygen atoms in total. The van der Waals surface area contributed by atoms with Crippen molar-refractivity contribution in [2.75, 3.05) is 19.1 Å². The van der Waals surface area contributed by atoms with Crippen molar-refractivity contribution in [1.82, 2.24) is 5.32 Å². The van der Waals surface area contributed by atoms with Gasteiger partial charge in [-0.3, -0.25) is 9.87 Å². The zero-order valence-electron chi connectivity index (χ0n) is 7.39. The molecule has 0 aliphatic heterocycles. The van der Waals surface area contributed by atoms with E-state index in [0.717, 1.165) is 0 Å². The summed E-state index contributed by atoms with van der Waals surface area (Å²) in [5.41, 5.74) is -1.05. The number of rotatable bonds is 6. The summed E-state index contributed by atoms with van der Waals surface area (Å²) in [4.78, 5) is 0. The first-order valence-electron chi connectivity index (χ1n) is 3.81. The number of nitrogens with one attached hydrogen (secondary N) is 1. The van der Waals surface area contributed by atoms with E-state index in [1.807, 2.05) is 0 Å². The summed E-state index contributed by atoms with van der Waals surface area (Å²) >= 11 is 0. The number of aliphatic hydroxyl groups excluding tert-OH is 2. The first kappa shape index (κ1) is 12.8. The van der Waals surface area contributed by atoms with Crippen molar-refractivity contribution in [1.29, 1.82) is 0 Å². The van der Waals surface area contributed by atoms with E-state index in [9.17, 15) is 8.42 Å². The molecule has 0 amide bonds. The van der Waals surface area contributed by atoms with Crippen molar-refractivity contribution in [3.8, 4) is 0 Å². The summed E-state index contributed by atoms with van der Waals surface area (Å²) in [7, 11) is -4.12. The second kappa shape index (κ2) is 4.87. The maximum Gasteiger partial charge on any atom is 0.278 e. The molecule has 4 N–H and O–H groups in total. The number of hydrogen-bond donors (Lipinski definition) is 4. The third kappa shape index (κ3) is 4.53. The van der Waals surface area contributed by atoms with Crippen LogP contribution >= 0.6 is 0 Å². The number of hydrogen-bond acceptors (Lipinski definition) is 5. The van der Waals surface area contributed by atoms with Gasteiger partial charge in [-0.05, 0) is 6.42 Å². The summed E-state index contributed by atoms with van der Waals surface area (Å²) in [6.45, 7) is 0.897. The Kier molecular flexibility index (Phi) is 4.79. The second-order valence-corrected chi connectivity index (χ2v) is 4.31. The largest absolute Gasteiger partial charge is 0.394 e. The molecule has 0 radical (unpaired) electrons. The highest BCUT2D eigenvalue weighted by Gasteiger charge is 2.27. The van der Waals surface area contributed by atoms with Gasteiger partial charge < -0.3 is 10.2 Å². The van der Waals surface area contributed by atoms with Crippen LogP contribution in [0.3, 0.4) is 0 Å². The zero-order chi connectivity index (χ0) is 10.5.